The van der Waals surface area contributed by atoms with E-state index in [0.29, 0.717) is 17.0 Å². The van der Waals surface area contributed by atoms with E-state index in [1.54, 1.807) is 0 Å². The minimum atomic E-state index is 0.377. The maximum absolute atomic E-state index is 6.25. The highest BCUT2D eigenvalue weighted by atomic mass is 15.2. The molecule has 2 heteroatoms. The number of rotatable bonds is 2. The van der Waals surface area contributed by atoms with E-state index < -0.39 is 0 Å². The lowest BCUT2D eigenvalue weighted by Gasteiger charge is -2.40. The highest BCUT2D eigenvalue weighted by Gasteiger charge is 2.42. The minimum absolute atomic E-state index is 0.377. The van der Waals surface area contributed by atoms with E-state index in [9.17, 15) is 0 Å². The summed E-state index contributed by atoms with van der Waals surface area (Å²) in [7, 11) is 0. The van der Waals surface area contributed by atoms with Crippen molar-refractivity contribution in [1.82, 2.24) is 4.90 Å². The summed E-state index contributed by atoms with van der Waals surface area (Å²) in [5.41, 5.74) is 7.04. The van der Waals surface area contributed by atoms with Crippen LogP contribution in [0.2, 0.25) is 0 Å². The molecule has 2 rings (SSSR count). The van der Waals surface area contributed by atoms with Crippen molar-refractivity contribution in [2.45, 2.75) is 64.5 Å². The summed E-state index contributed by atoms with van der Waals surface area (Å²) in [6, 6.07) is 0.425. The molecule has 2 atom stereocenters. The zero-order valence-electron chi connectivity index (χ0n) is 10.6. The van der Waals surface area contributed by atoms with Crippen molar-refractivity contribution in [1.29, 1.82) is 0 Å². The van der Waals surface area contributed by atoms with Gasteiger partial charge in [-0.15, -0.1) is 0 Å². The van der Waals surface area contributed by atoms with Crippen molar-refractivity contribution in [2.75, 3.05) is 13.1 Å². The minimum Gasteiger partial charge on any atom is -0.327 e. The first-order valence-corrected chi connectivity index (χ1v) is 6.45. The molecule has 2 fully saturated rings. The number of nitrogens with two attached hydrogens (primary N) is 1. The predicted octanol–water partition coefficient (Wildman–Crippen LogP) is 2.38. The molecule has 0 aromatic carbocycles. The second-order valence-electron chi connectivity index (χ2n) is 6.49. The topological polar surface area (TPSA) is 29.3 Å². The SMILES string of the molecule is CC1(CN2CCCC2(C)C)CCCC1N. The summed E-state index contributed by atoms with van der Waals surface area (Å²) in [6.07, 6.45) is 6.58. The van der Waals surface area contributed by atoms with Crippen molar-refractivity contribution in [3.8, 4) is 0 Å². The van der Waals surface area contributed by atoms with Crippen molar-refractivity contribution >= 4 is 0 Å². The second kappa shape index (κ2) is 3.74. The lowest BCUT2D eigenvalue weighted by molar-refractivity contribution is 0.0984. The van der Waals surface area contributed by atoms with E-state index in [-0.39, 0.29) is 0 Å². The Morgan fingerprint density at radius 3 is 2.40 bits per heavy atom. The largest absolute Gasteiger partial charge is 0.327 e. The van der Waals surface area contributed by atoms with E-state index in [2.05, 4.69) is 25.7 Å². The van der Waals surface area contributed by atoms with Crippen molar-refractivity contribution in [3.63, 3.8) is 0 Å². The van der Waals surface area contributed by atoms with Crippen LogP contribution in [0, 0.1) is 5.41 Å². The fraction of sp³-hybridized carbons (Fsp3) is 1.00. The van der Waals surface area contributed by atoms with Gasteiger partial charge in [-0.05, 0) is 51.5 Å². The van der Waals surface area contributed by atoms with Gasteiger partial charge in [-0.3, -0.25) is 4.90 Å². The highest BCUT2D eigenvalue weighted by molar-refractivity contribution is 4.98. The van der Waals surface area contributed by atoms with Crippen LogP contribution in [-0.4, -0.2) is 29.6 Å². The summed E-state index contributed by atoms with van der Waals surface area (Å²) >= 11 is 0. The Morgan fingerprint density at radius 1 is 1.20 bits per heavy atom. The maximum atomic E-state index is 6.25. The van der Waals surface area contributed by atoms with Crippen molar-refractivity contribution < 1.29 is 0 Å². The summed E-state index contributed by atoms with van der Waals surface area (Å²) < 4.78 is 0. The van der Waals surface area contributed by atoms with Crippen LogP contribution in [0.3, 0.4) is 0 Å². The smallest absolute Gasteiger partial charge is 0.0153 e. The molecule has 0 bridgehead atoms. The number of nitrogens with zero attached hydrogens (tertiary/aromatic N) is 1. The van der Waals surface area contributed by atoms with Crippen LogP contribution in [0.15, 0.2) is 0 Å². The third-order valence-corrected chi connectivity index (χ3v) is 4.78. The molecular weight excluding hydrogens is 184 g/mol. The van der Waals surface area contributed by atoms with Gasteiger partial charge in [0.25, 0.3) is 0 Å². The fourth-order valence-electron chi connectivity index (χ4n) is 3.35. The van der Waals surface area contributed by atoms with E-state index in [4.69, 9.17) is 5.73 Å². The van der Waals surface area contributed by atoms with E-state index in [1.807, 2.05) is 0 Å². The van der Waals surface area contributed by atoms with Gasteiger partial charge in [0.1, 0.15) is 0 Å². The standard InChI is InChI=1S/C13H26N2/c1-12(2)7-5-9-15(12)10-13(3)8-4-6-11(13)14/h11H,4-10,14H2,1-3H3. The Bertz CT molecular complexity index is 237. The van der Waals surface area contributed by atoms with Crippen LogP contribution in [-0.2, 0) is 0 Å². The van der Waals surface area contributed by atoms with Crippen LogP contribution in [0.4, 0.5) is 0 Å². The van der Waals surface area contributed by atoms with Gasteiger partial charge >= 0.3 is 0 Å². The van der Waals surface area contributed by atoms with Crippen LogP contribution < -0.4 is 5.73 Å². The molecule has 1 saturated heterocycles. The van der Waals surface area contributed by atoms with Crippen LogP contribution in [0.5, 0.6) is 0 Å². The Morgan fingerprint density at radius 2 is 1.93 bits per heavy atom. The molecule has 2 nitrogen and oxygen atoms in total. The third-order valence-electron chi connectivity index (χ3n) is 4.78. The maximum Gasteiger partial charge on any atom is 0.0153 e. The number of hydrogen-bond acceptors (Lipinski definition) is 2. The predicted molar refractivity (Wildman–Crippen MR) is 64.8 cm³/mol. The molecule has 1 aliphatic carbocycles. The van der Waals surface area contributed by atoms with Gasteiger partial charge < -0.3 is 5.73 Å². The molecule has 0 radical (unpaired) electrons. The Balaban J connectivity index is 2.02. The normalized spacial score (nSPS) is 41.2. The first-order valence-electron chi connectivity index (χ1n) is 6.45. The zero-order chi connectivity index (χ0) is 11.1. The van der Waals surface area contributed by atoms with Gasteiger partial charge in [-0.2, -0.15) is 0 Å². The third kappa shape index (κ3) is 2.07. The molecule has 2 N–H and O–H groups in total. The Labute approximate surface area is 94.2 Å². The van der Waals surface area contributed by atoms with E-state index in [1.165, 1.54) is 45.2 Å². The highest BCUT2D eigenvalue weighted by Crippen LogP contribution is 2.40. The van der Waals surface area contributed by atoms with Crippen molar-refractivity contribution in [2.24, 2.45) is 11.1 Å². The summed E-state index contributed by atoms with van der Waals surface area (Å²) in [5, 5.41) is 0. The van der Waals surface area contributed by atoms with Crippen LogP contribution in [0.25, 0.3) is 0 Å². The quantitative estimate of drug-likeness (QED) is 0.758. The first kappa shape index (κ1) is 11.4. The lowest BCUT2D eigenvalue weighted by atomic mass is 9.83. The van der Waals surface area contributed by atoms with Gasteiger partial charge in [0.2, 0.25) is 0 Å². The Kier molecular flexibility index (Phi) is 2.85. The van der Waals surface area contributed by atoms with Gasteiger partial charge in [0, 0.05) is 18.1 Å². The average molecular weight is 210 g/mol. The molecule has 0 aromatic heterocycles. The molecule has 1 aliphatic heterocycles. The molecule has 88 valence electrons. The number of hydrogen-bond donors (Lipinski definition) is 1. The number of likely N-dealkylation sites (tertiary alicyclic amines) is 1. The summed E-state index contributed by atoms with van der Waals surface area (Å²) in [6.45, 7) is 9.63. The molecule has 0 spiro atoms. The fourth-order valence-corrected chi connectivity index (χ4v) is 3.35. The Hall–Kier alpha value is -0.0800. The average Bonchev–Trinajstić information content (AvgIpc) is 2.60. The zero-order valence-corrected chi connectivity index (χ0v) is 10.6. The van der Waals surface area contributed by atoms with Gasteiger partial charge in [0.15, 0.2) is 0 Å². The molecule has 0 aromatic rings. The molecule has 1 saturated carbocycles. The molecule has 2 aliphatic rings. The molecule has 0 amide bonds. The van der Waals surface area contributed by atoms with E-state index >= 15 is 0 Å². The monoisotopic (exact) mass is 210 g/mol. The van der Waals surface area contributed by atoms with Crippen LogP contribution >= 0.6 is 0 Å². The van der Waals surface area contributed by atoms with E-state index in [0.717, 1.165) is 0 Å². The second-order valence-corrected chi connectivity index (χ2v) is 6.49. The van der Waals surface area contributed by atoms with Gasteiger partial charge in [0.05, 0.1) is 0 Å². The summed E-state index contributed by atoms with van der Waals surface area (Å²) in [4.78, 5) is 2.66. The van der Waals surface area contributed by atoms with Crippen molar-refractivity contribution in [3.05, 3.63) is 0 Å². The molecule has 2 unspecified atom stereocenters. The molecule has 1 heterocycles. The van der Waals surface area contributed by atoms with Gasteiger partial charge in [-0.25, -0.2) is 0 Å². The molecular formula is C13H26N2. The van der Waals surface area contributed by atoms with Crippen LogP contribution in [0.1, 0.15) is 52.9 Å². The van der Waals surface area contributed by atoms with Gasteiger partial charge in [-0.1, -0.05) is 13.3 Å². The lowest BCUT2D eigenvalue weighted by Crippen LogP contribution is -2.49. The molecule has 15 heavy (non-hydrogen) atoms. The first-order chi connectivity index (χ1) is 6.94. The summed E-state index contributed by atoms with van der Waals surface area (Å²) in [5.74, 6) is 0.